The van der Waals surface area contributed by atoms with Gasteiger partial charge in [-0.25, -0.2) is 9.37 Å². The molecule has 1 unspecified atom stereocenters. The highest BCUT2D eigenvalue weighted by atomic mass is 19.1. The van der Waals surface area contributed by atoms with E-state index in [2.05, 4.69) is 9.97 Å². The van der Waals surface area contributed by atoms with E-state index < -0.39 is 0 Å². The monoisotopic (exact) mass is 449 g/mol. The maximum absolute atomic E-state index is 13.6. The van der Waals surface area contributed by atoms with Crippen molar-refractivity contribution >= 4 is 11.7 Å². The first kappa shape index (κ1) is 22.7. The number of carbonyl (C=O) groups is 2. The van der Waals surface area contributed by atoms with Crippen LogP contribution in [0.2, 0.25) is 0 Å². The van der Waals surface area contributed by atoms with Gasteiger partial charge in [0.1, 0.15) is 23.2 Å². The number of hydrogen-bond acceptors (Lipinski definition) is 4. The molecule has 2 heterocycles. The smallest absolute Gasteiger partial charge is 0.261 e. The van der Waals surface area contributed by atoms with Crippen LogP contribution in [0.25, 0.3) is 11.3 Å². The van der Waals surface area contributed by atoms with Crippen molar-refractivity contribution in [3.05, 3.63) is 71.9 Å². The van der Waals surface area contributed by atoms with Crippen molar-refractivity contribution in [3.8, 4) is 17.0 Å². The predicted octanol–water partition coefficient (Wildman–Crippen LogP) is 4.87. The molecule has 0 saturated carbocycles. The van der Waals surface area contributed by atoms with E-state index in [9.17, 15) is 14.0 Å². The molecule has 33 heavy (non-hydrogen) atoms. The highest BCUT2D eigenvalue weighted by Gasteiger charge is 2.30. The number of ketones is 1. The van der Waals surface area contributed by atoms with Crippen LogP contribution in [0.3, 0.4) is 0 Å². The maximum atomic E-state index is 13.6. The number of aromatic nitrogens is 2. The summed E-state index contributed by atoms with van der Waals surface area (Å²) >= 11 is 0. The normalized spacial score (nSPS) is 15.9. The zero-order valence-electron chi connectivity index (χ0n) is 18.7. The van der Waals surface area contributed by atoms with E-state index in [1.54, 1.807) is 19.2 Å². The number of carbonyl (C=O) groups excluding carboxylic acids is 2. The van der Waals surface area contributed by atoms with Crippen molar-refractivity contribution in [2.45, 2.75) is 45.1 Å². The standard InChI is InChI=1S/C26H28FN3O3/c1-18(31)8-9-19-10-12-22(13-11-19)33-17-25(32)30-14-3-2-7-24(30)26-28-16-23(29-26)20-5-4-6-21(27)15-20/h4-6,10-13,15-16,24H,2-3,7-9,14,17H2,1H3,(H,28,29). The van der Waals surface area contributed by atoms with E-state index in [-0.39, 0.29) is 30.2 Å². The van der Waals surface area contributed by atoms with Crippen molar-refractivity contribution in [2.24, 2.45) is 0 Å². The van der Waals surface area contributed by atoms with Gasteiger partial charge in [-0.2, -0.15) is 0 Å². The third kappa shape index (κ3) is 5.86. The molecule has 2 aromatic carbocycles. The number of likely N-dealkylation sites (tertiary alicyclic amines) is 1. The van der Waals surface area contributed by atoms with Gasteiger partial charge in [0.05, 0.1) is 17.9 Å². The first-order valence-corrected chi connectivity index (χ1v) is 11.3. The summed E-state index contributed by atoms with van der Waals surface area (Å²) in [5, 5.41) is 0. The Kier molecular flexibility index (Phi) is 7.17. The number of nitrogens with zero attached hydrogens (tertiary/aromatic N) is 2. The summed E-state index contributed by atoms with van der Waals surface area (Å²) in [5.74, 6) is 1.09. The minimum absolute atomic E-state index is 0.0548. The predicted molar refractivity (Wildman–Crippen MR) is 123 cm³/mol. The van der Waals surface area contributed by atoms with Crippen LogP contribution in [-0.4, -0.2) is 39.7 Å². The summed E-state index contributed by atoms with van der Waals surface area (Å²) in [6.45, 7) is 2.18. The number of H-pyrrole nitrogens is 1. The number of halogens is 1. The number of piperidine rings is 1. The molecule has 1 aliphatic rings. The van der Waals surface area contributed by atoms with E-state index in [0.717, 1.165) is 36.1 Å². The molecule has 7 heteroatoms. The van der Waals surface area contributed by atoms with Crippen LogP contribution in [0.4, 0.5) is 4.39 Å². The van der Waals surface area contributed by atoms with E-state index in [4.69, 9.17) is 4.74 Å². The number of amides is 1. The number of benzene rings is 2. The second-order valence-corrected chi connectivity index (χ2v) is 8.43. The molecule has 0 bridgehead atoms. The van der Waals surface area contributed by atoms with Crippen molar-refractivity contribution in [3.63, 3.8) is 0 Å². The zero-order chi connectivity index (χ0) is 23.2. The van der Waals surface area contributed by atoms with Crippen LogP contribution >= 0.6 is 0 Å². The summed E-state index contributed by atoms with van der Waals surface area (Å²) in [7, 11) is 0. The Balaban J connectivity index is 1.39. The number of ether oxygens (including phenoxy) is 1. The summed E-state index contributed by atoms with van der Waals surface area (Å²) in [6, 6.07) is 13.7. The minimum atomic E-state index is -0.304. The Labute approximate surface area is 192 Å². The fourth-order valence-electron chi connectivity index (χ4n) is 4.12. The molecule has 3 aromatic rings. The number of aryl methyl sites for hydroxylation is 1. The lowest BCUT2D eigenvalue weighted by Crippen LogP contribution is -2.41. The molecule has 1 amide bonds. The second kappa shape index (κ2) is 10.4. The van der Waals surface area contributed by atoms with Crippen molar-refractivity contribution in [2.75, 3.05) is 13.2 Å². The van der Waals surface area contributed by atoms with Crippen LogP contribution in [0.1, 0.15) is 50.0 Å². The summed E-state index contributed by atoms with van der Waals surface area (Å²) < 4.78 is 19.3. The van der Waals surface area contributed by atoms with Gasteiger partial charge in [-0.05, 0) is 62.4 Å². The van der Waals surface area contributed by atoms with E-state index in [1.807, 2.05) is 35.2 Å². The summed E-state index contributed by atoms with van der Waals surface area (Å²) in [5.41, 5.74) is 2.51. The zero-order valence-corrected chi connectivity index (χ0v) is 18.7. The van der Waals surface area contributed by atoms with Crippen LogP contribution < -0.4 is 4.74 Å². The number of rotatable bonds is 8. The lowest BCUT2D eigenvalue weighted by molar-refractivity contribution is -0.137. The first-order valence-electron chi connectivity index (χ1n) is 11.3. The largest absolute Gasteiger partial charge is 0.484 e. The van der Waals surface area contributed by atoms with Crippen molar-refractivity contribution in [1.29, 1.82) is 0 Å². The molecule has 0 aliphatic carbocycles. The number of hydrogen-bond donors (Lipinski definition) is 1. The van der Waals surface area contributed by atoms with Gasteiger partial charge < -0.3 is 19.4 Å². The van der Waals surface area contributed by atoms with Gasteiger partial charge in [0.2, 0.25) is 0 Å². The molecule has 1 saturated heterocycles. The van der Waals surface area contributed by atoms with Crippen molar-refractivity contribution < 1.29 is 18.7 Å². The number of aromatic amines is 1. The summed E-state index contributed by atoms with van der Waals surface area (Å²) in [6.07, 6.45) is 5.66. The molecular weight excluding hydrogens is 421 g/mol. The maximum Gasteiger partial charge on any atom is 0.261 e. The van der Waals surface area contributed by atoms with Crippen molar-refractivity contribution in [1.82, 2.24) is 14.9 Å². The molecule has 1 aliphatic heterocycles. The average Bonchev–Trinajstić information content (AvgIpc) is 3.32. The molecular formula is C26H28FN3O3. The molecule has 6 nitrogen and oxygen atoms in total. The fourth-order valence-corrected chi connectivity index (χ4v) is 4.12. The van der Waals surface area contributed by atoms with Crippen LogP contribution in [0.5, 0.6) is 5.75 Å². The summed E-state index contributed by atoms with van der Waals surface area (Å²) in [4.78, 5) is 33.7. The topological polar surface area (TPSA) is 75.3 Å². The molecule has 1 fully saturated rings. The average molecular weight is 450 g/mol. The van der Waals surface area contributed by atoms with E-state index in [0.29, 0.717) is 31.0 Å². The number of nitrogens with one attached hydrogen (secondary N) is 1. The van der Waals surface area contributed by atoms with Gasteiger partial charge in [-0.15, -0.1) is 0 Å². The molecule has 4 rings (SSSR count). The van der Waals surface area contributed by atoms with E-state index in [1.165, 1.54) is 12.1 Å². The van der Waals surface area contributed by atoms with E-state index >= 15 is 0 Å². The van der Waals surface area contributed by atoms with Crippen LogP contribution in [0.15, 0.2) is 54.7 Å². The quantitative estimate of drug-likeness (QED) is 0.532. The van der Waals surface area contributed by atoms with Crippen LogP contribution in [0, 0.1) is 5.82 Å². The molecule has 1 N–H and O–H groups in total. The highest BCUT2D eigenvalue weighted by molar-refractivity contribution is 5.78. The lowest BCUT2D eigenvalue weighted by Gasteiger charge is -2.34. The van der Waals surface area contributed by atoms with Gasteiger partial charge in [0.25, 0.3) is 5.91 Å². The third-order valence-electron chi connectivity index (χ3n) is 5.92. The van der Waals surface area contributed by atoms with Gasteiger partial charge in [-0.3, -0.25) is 4.79 Å². The minimum Gasteiger partial charge on any atom is -0.484 e. The number of Topliss-reactive ketones (excluding diaryl/α,β-unsaturated/α-hetero) is 1. The Morgan fingerprint density at radius 2 is 2.00 bits per heavy atom. The van der Waals surface area contributed by atoms with Gasteiger partial charge in [0.15, 0.2) is 6.61 Å². The van der Waals surface area contributed by atoms with Crippen LogP contribution in [-0.2, 0) is 16.0 Å². The Bertz CT molecular complexity index is 1110. The molecule has 172 valence electrons. The fraction of sp³-hybridized carbons (Fsp3) is 0.346. The second-order valence-electron chi connectivity index (χ2n) is 8.43. The first-order chi connectivity index (χ1) is 16.0. The molecule has 1 aromatic heterocycles. The molecule has 1 atom stereocenters. The SMILES string of the molecule is CC(=O)CCc1ccc(OCC(=O)N2CCCCC2c2ncc(-c3cccc(F)c3)[nH]2)cc1. The highest BCUT2D eigenvalue weighted by Crippen LogP contribution is 2.31. The molecule has 0 radical (unpaired) electrons. The van der Waals surface area contributed by atoms with Gasteiger partial charge in [0, 0.05) is 18.5 Å². The third-order valence-corrected chi connectivity index (χ3v) is 5.92. The Morgan fingerprint density at radius 1 is 1.18 bits per heavy atom. The number of imidazole rings is 1. The Morgan fingerprint density at radius 3 is 2.76 bits per heavy atom. The Hall–Kier alpha value is -3.48. The molecule has 0 spiro atoms. The van der Waals surface area contributed by atoms with Gasteiger partial charge in [-0.1, -0.05) is 24.3 Å². The van der Waals surface area contributed by atoms with Gasteiger partial charge >= 0.3 is 0 Å². The lowest BCUT2D eigenvalue weighted by atomic mass is 10.0.